The lowest BCUT2D eigenvalue weighted by Crippen LogP contribution is -2.22. The van der Waals surface area contributed by atoms with Crippen LogP contribution in [0, 0.1) is 11.8 Å². The van der Waals surface area contributed by atoms with Gasteiger partial charge in [0.1, 0.15) is 0 Å². The van der Waals surface area contributed by atoms with Crippen LogP contribution in [0.1, 0.15) is 64.2 Å². The normalized spacial score (nSPS) is 30.4. The largest absolute Gasteiger partial charge is 0.396 e. The van der Waals surface area contributed by atoms with Crippen molar-refractivity contribution >= 4 is 0 Å². The maximum atomic E-state index is 9.39. The molecule has 0 bridgehead atoms. The molecule has 1 fully saturated rings. The van der Waals surface area contributed by atoms with Crippen LogP contribution in [0.15, 0.2) is 0 Å². The van der Waals surface area contributed by atoms with Crippen LogP contribution in [0.25, 0.3) is 0 Å². The van der Waals surface area contributed by atoms with Crippen LogP contribution < -0.4 is 0 Å². The number of aliphatic hydroxyl groups excluding tert-OH is 2. The number of rotatable bonds is 2. The minimum atomic E-state index is 0.255. The van der Waals surface area contributed by atoms with Crippen LogP contribution in [0.4, 0.5) is 0 Å². The van der Waals surface area contributed by atoms with Gasteiger partial charge in [-0.2, -0.15) is 0 Å². The Kier molecular flexibility index (Phi) is 7.87. The van der Waals surface area contributed by atoms with Crippen molar-refractivity contribution in [3.63, 3.8) is 0 Å². The van der Waals surface area contributed by atoms with Gasteiger partial charge in [0.15, 0.2) is 0 Å². The predicted octanol–water partition coefficient (Wildman–Crippen LogP) is 3.12. The van der Waals surface area contributed by atoms with Crippen LogP contribution in [0.2, 0.25) is 0 Å². The van der Waals surface area contributed by atoms with Crippen molar-refractivity contribution in [3.8, 4) is 0 Å². The highest BCUT2D eigenvalue weighted by Gasteiger charge is 2.19. The lowest BCUT2D eigenvalue weighted by molar-refractivity contribution is 0.104. The van der Waals surface area contributed by atoms with Crippen molar-refractivity contribution in [3.05, 3.63) is 0 Å². The average molecular weight is 228 g/mol. The molecule has 0 amide bonds. The van der Waals surface area contributed by atoms with E-state index in [-0.39, 0.29) is 13.2 Å². The Bertz CT molecular complexity index is 141. The Balaban J connectivity index is 2.38. The van der Waals surface area contributed by atoms with E-state index in [1.165, 1.54) is 51.4 Å². The summed E-state index contributed by atoms with van der Waals surface area (Å²) >= 11 is 0. The highest BCUT2D eigenvalue weighted by Crippen LogP contribution is 2.25. The molecule has 0 aromatic heterocycles. The van der Waals surface area contributed by atoms with Crippen LogP contribution in [0.3, 0.4) is 0 Å². The SMILES string of the molecule is OCC1CCCCCCCCCCC1CO. The molecule has 2 unspecified atom stereocenters. The first-order chi connectivity index (χ1) is 7.88. The van der Waals surface area contributed by atoms with Crippen LogP contribution in [0.5, 0.6) is 0 Å². The van der Waals surface area contributed by atoms with Gasteiger partial charge in [0.2, 0.25) is 0 Å². The number of hydrogen-bond donors (Lipinski definition) is 2. The van der Waals surface area contributed by atoms with Crippen molar-refractivity contribution in [1.29, 1.82) is 0 Å². The maximum Gasteiger partial charge on any atom is 0.0462 e. The molecule has 0 radical (unpaired) electrons. The number of aliphatic hydroxyl groups is 2. The van der Waals surface area contributed by atoms with E-state index in [2.05, 4.69) is 0 Å². The average Bonchev–Trinajstić information content (AvgIpc) is 2.30. The second kappa shape index (κ2) is 9.00. The van der Waals surface area contributed by atoms with E-state index in [1.54, 1.807) is 0 Å². The molecule has 0 spiro atoms. The first-order valence-corrected chi connectivity index (χ1v) is 7.10. The van der Waals surface area contributed by atoms with E-state index in [9.17, 15) is 10.2 Å². The van der Waals surface area contributed by atoms with Crippen molar-refractivity contribution < 1.29 is 10.2 Å². The van der Waals surface area contributed by atoms with Crippen molar-refractivity contribution in [2.45, 2.75) is 64.2 Å². The molecule has 16 heavy (non-hydrogen) atoms. The quantitative estimate of drug-likeness (QED) is 0.762. The fourth-order valence-corrected chi connectivity index (χ4v) is 2.83. The second-order valence-electron chi connectivity index (χ2n) is 5.29. The van der Waals surface area contributed by atoms with E-state index in [0.717, 1.165) is 12.8 Å². The zero-order valence-electron chi connectivity index (χ0n) is 10.5. The third-order valence-corrected chi connectivity index (χ3v) is 4.04. The third kappa shape index (κ3) is 5.31. The fraction of sp³-hybridized carbons (Fsp3) is 1.00. The zero-order chi connectivity index (χ0) is 11.6. The second-order valence-corrected chi connectivity index (χ2v) is 5.29. The van der Waals surface area contributed by atoms with Gasteiger partial charge >= 0.3 is 0 Å². The minimum absolute atomic E-state index is 0.255. The maximum absolute atomic E-state index is 9.39. The molecular formula is C14H28O2. The molecular weight excluding hydrogens is 200 g/mol. The molecule has 0 aliphatic heterocycles. The molecule has 0 aromatic carbocycles. The molecule has 96 valence electrons. The van der Waals surface area contributed by atoms with E-state index >= 15 is 0 Å². The molecule has 2 nitrogen and oxygen atoms in total. The Labute approximate surface area is 100 Å². The topological polar surface area (TPSA) is 40.5 Å². The summed E-state index contributed by atoms with van der Waals surface area (Å²) < 4.78 is 0. The van der Waals surface area contributed by atoms with Crippen LogP contribution in [-0.4, -0.2) is 23.4 Å². The summed E-state index contributed by atoms with van der Waals surface area (Å²) in [5.41, 5.74) is 0. The van der Waals surface area contributed by atoms with E-state index in [4.69, 9.17) is 0 Å². The highest BCUT2D eigenvalue weighted by atomic mass is 16.3. The van der Waals surface area contributed by atoms with Gasteiger partial charge in [0.25, 0.3) is 0 Å². The smallest absolute Gasteiger partial charge is 0.0462 e. The summed E-state index contributed by atoms with van der Waals surface area (Å²) in [6.45, 7) is 0.510. The molecule has 0 saturated heterocycles. The third-order valence-electron chi connectivity index (χ3n) is 4.04. The molecule has 1 rings (SSSR count). The first-order valence-electron chi connectivity index (χ1n) is 7.10. The minimum Gasteiger partial charge on any atom is -0.396 e. The van der Waals surface area contributed by atoms with E-state index in [1.807, 2.05) is 0 Å². The molecule has 2 atom stereocenters. The Morgan fingerprint density at radius 1 is 0.562 bits per heavy atom. The van der Waals surface area contributed by atoms with Gasteiger partial charge in [0, 0.05) is 13.2 Å². The lowest BCUT2D eigenvalue weighted by Gasteiger charge is -2.24. The molecule has 0 aromatic rings. The molecule has 1 aliphatic rings. The predicted molar refractivity (Wildman–Crippen MR) is 67.3 cm³/mol. The summed E-state index contributed by atoms with van der Waals surface area (Å²) in [5.74, 6) is 0.675. The summed E-state index contributed by atoms with van der Waals surface area (Å²) in [6, 6.07) is 0. The Morgan fingerprint density at radius 3 is 1.19 bits per heavy atom. The van der Waals surface area contributed by atoms with E-state index in [0.29, 0.717) is 11.8 Å². The van der Waals surface area contributed by atoms with Gasteiger partial charge in [-0.15, -0.1) is 0 Å². The molecule has 2 N–H and O–H groups in total. The summed E-state index contributed by atoms with van der Waals surface area (Å²) in [7, 11) is 0. The molecule has 1 saturated carbocycles. The van der Waals surface area contributed by atoms with Crippen molar-refractivity contribution in [2.24, 2.45) is 11.8 Å². The van der Waals surface area contributed by atoms with Gasteiger partial charge in [0.05, 0.1) is 0 Å². The molecule has 0 heterocycles. The summed E-state index contributed by atoms with van der Waals surface area (Å²) in [4.78, 5) is 0. The summed E-state index contributed by atoms with van der Waals surface area (Å²) in [5, 5.41) is 18.8. The first kappa shape index (κ1) is 14.0. The zero-order valence-corrected chi connectivity index (χ0v) is 10.5. The fourth-order valence-electron chi connectivity index (χ4n) is 2.83. The standard InChI is InChI=1S/C14H28O2/c15-11-13-9-7-5-3-1-2-4-6-8-10-14(13)12-16/h13-16H,1-12H2. The van der Waals surface area contributed by atoms with Crippen LogP contribution in [-0.2, 0) is 0 Å². The van der Waals surface area contributed by atoms with Gasteiger partial charge in [-0.1, -0.05) is 51.4 Å². The molecule has 1 aliphatic carbocycles. The van der Waals surface area contributed by atoms with Crippen molar-refractivity contribution in [1.82, 2.24) is 0 Å². The van der Waals surface area contributed by atoms with E-state index < -0.39 is 0 Å². The van der Waals surface area contributed by atoms with Gasteiger partial charge < -0.3 is 10.2 Å². The Hall–Kier alpha value is -0.0800. The number of hydrogen-bond acceptors (Lipinski definition) is 2. The van der Waals surface area contributed by atoms with Crippen LogP contribution >= 0.6 is 0 Å². The van der Waals surface area contributed by atoms with Gasteiger partial charge in [-0.25, -0.2) is 0 Å². The summed E-state index contributed by atoms with van der Waals surface area (Å²) in [6.07, 6.45) is 12.7. The monoisotopic (exact) mass is 228 g/mol. The van der Waals surface area contributed by atoms with Gasteiger partial charge in [-0.05, 0) is 24.7 Å². The van der Waals surface area contributed by atoms with Gasteiger partial charge in [-0.3, -0.25) is 0 Å². The van der Waals surface area contributed by atoms with Crippen molar-refractivity contribution in [2.75, 3.05) is 13.2 Å². The lowest BCUT2D eigenvalue weighted by atomic mass is 9.84. The Morgan fingerprint density at radius 2 is 0.875 bits per heavy atom. The molecule has 2 heteroatoms. The highest BCUT2D eigenvalue weighted by molar-refractivity contribution is 4.70.